The Kier molecular flexibility index (Phi) is 5.28. The standard InChI is InChI=1S/C20H24N4O4S/c1-20(2,25)15-9-13-17(29-15)19(24-5-7-28-8-6-24)23-18(22-13)12-11-21-16(27-4)10-14(12)26-3/h9-11,25H,5-8H2,1-4H3. The second-order valence-electron chi connectivity index (χ2n) is 7.28. The number of fused-ring (bicyclic) bond motifs is 1. The number of thiophene rings is 1. The Bertz CT molecular complexity index is 1030. The summed E-state index contributed by atoms with van der Waals surface area (Å²) < 4.78 is 17.2. The molecule has 0 amide bonds. The van der Waals surface area contributed by atoms with E-state index in [1.807, 2.05) is 6.07 Å². The van der Waals surface area contributed by atoms with Gasteiger partial charge < -0.3 is 24.2 Å². The molecule has 3 aromatic heterocycles. The normalized spacial score (nSPS) is 15.0. The molecule has 8 nitrogen and oxygen atoms in total. The van der Waals surface area contributed by atoms with Gasteiger partial charge in [-0.2, -0.15) is 0 Å². The fraction of sp³-hybridized carbons (Fsp3) is 0.450. The van der Waals surface area contributed by atoms with Crippen LogP contribution in [0.2, 0.25) is 0 Å². The topological polar surface area (TPSA) is 89.8 Å². The molecule has 0 spiro atoms. The fourth-order valence-corrected chi connectivity index (χ4v) is 4.31. The predicted octanol–water partition coefficient (Wildman–Crippen LogP) is 2.83. The van der Waals surface area contributed by atoms with Crippen LogP contribution in [0.4, 0.5) is 5.82 Å². The van der Waals surface area contributed by atoms with E-state index in [0.29, 0.717) is 36.2 Å². The molecular formula is C20H24N4O4S. The van der Waals surface area contributed by atoms with E-state index in [9.17, 15) is 5.11 Å². The molecule has 1 N–H and O–H groups in total. The van der Waals surface area contributed by atoms with E-state index in [0.717, 1.165) is 34.0 Å². The first-order chi connectivity index (χ1) is 13.9. The molecule has 0 aromatic carbocycles. The maximum Gasteiger partial charge on any atom is 0.216 e. The summed E-state index contributed by atoms with van der Waals surface area (Å²) in [6.45, 7) is 6.35. The molecule has 0 aliphatic carbocycles. The van der Waals surface area contributed by atoms with Gasteiger partial charge in [-0.15, -0.1) is 11.3 Å². The zero-order valence-electron chi connectivity index (χ0n) is 16.9. The van der Waals surface area contributed by atoms with Gasteiger partial charge >= 0.3 is 0 Å². The highest BCUT2D eigenvalue weighted by Gasteiger charge is 2.25. The number of anilines is 1. The summed E-state index contributed by atoms with van der Waals surface area (Å²) in [4.78, 5) is 17.0. The summed E-state index contributed by atoms with van der Waals surface area (Å²) >= 11 is 1.52. The van der Waals surface area contributed by atoms with Crippen molar-refractivity contribution in [1.82, 2.24) is 15.0 Å². The Labute approximate surface area is 173 Å². The number of ether oxygens (including phenoxy) is 3. The van der Waals surface area contributed by atoms with E-state index >= 15 is 0 Å². The third-order valence-electron chi connectivity index (χ3n) is 4.78. The SMILES string of the molecule is COc1cc(OC)c(-c2nc(N3CCOCC3)c3sc(C(C)(C)O)cc3n2)cn1. The third-order valence-corrected chi connectivity index (χ3v) is 6.21. The zero-order chi connectivity index (χ0) is 20.6. The van der Waals surface area contributed by atoms with Crippen molar-refractivity contribution in [2.75, 3.05) is 45.4 Å². The summed E-state index contributed by atoms with van der Waals surface area (Å²) in [5, 5.41) is 10.5. The minimum Gasteiger partial charge on any atom is -0.496 e. The first kappa shape index (κ1) is 19.8. The van der Waals surface area contributed by atoms with Crippen molar-refractivity contribution in [2.24, 2.45) is 0 Å². The summed E-state index contributed by atoms with van der Waals surface area (Å²) in [6, 6.07) is 3.64. The van der Waals surface area contributed by atoms with Crippen molar-refractivity contribution in [1.29, 1.82) is 0 Å². The number of methoxy groups -OCH3 is 2. The van der Waals surface area contributed by atoms with Gasteiger partial charge in [0.15, 0.2) is 11.6 Å². The largest absolute Gasteiger partial charge is 0.496 e. The van der Waals surface area contributed by atoms with Crippen LogP contribution in [0.5, 0.6) is 11.6 Å². The van der Waals surface area contributed by atoms with E-state index in [1.54, 1.807) is 40.3 Å². The lowest BCUT2D eigenvalue weighted by atomic mass is 10.1. The number of morpholine rings is 1. The smallest absolute Gasteiger partial charge is 0.216 e. The van der Waals surface area contributed by atoms with Crippen molar-refractivity contribution in [2.45, 2.75) is 19.4 Å². The average Bonchev–Trinajstić information content (AvgIpc) is 3.18. The second-order valence-corrected chi connectivity index (χ2v) is 8.33. The van der Waals surface area contributed by atoms with Crippen LogP contribution in [0.1, 0.15) is 18.7 Å². The Morgan fingerprint density at radius 3 is 2.55 bits per heavy atom. The molecule has 0 saturated carbocycles. The lowest BCUT2D eigenvalue weighted by Gasteiger charge is -2.28. The van der Waals surface area contributed by atoms with Gasteiger partial charge in [-0.05, 0) is 19.9 Å². The van der Waals surface area contributed by atoms with Crippen LogP contribution >= 0.6 is 11.3 Å². The van der Waals surface area contributed by atoms with E-state index < -0.39 is 5.60 Å². The van der Waals surface area contributed by atoms with Gasteiger partial charge in [0, 0.05) is 30.2 Å². The number of aromatic nitrogens is 3. The molecule has 1 aliphatic heterocycles. The van der Waals surface area contributed by atoms with Crippen LogP contribution in [0.15, 0.2) is 18.3 Å². The van der Waals surface area contributed by atoms with Gasteiger partial charge in [-0.3, -0.25) is 0 Å². The highest BCUT2D eigenvalue weighted by atomic mass is 32.1. The van der Waals surface area contributed by atoms with E-state index in [4.69, 9.17) is 24.2 Å². The molecule has 154 valence electrons. The maximum absolute atomic E-state index is 10.5. The van der Waals surface area contributed by atoms with Crippen molar-refractivity contribution in [3.63, 3.8) is 0 Å². The quantitative estimate of drug-likeness (QED) is 0.679. The molecular weight excluding hydrogens is 392 g/mol. The number of rotatable bonds is 5. The Hall–Kier alpha value is -2.49. The number of pyridine rings is 1. The molecule has 1 aliphatic rings. The molecule has 4 heterocycles. The summed E-state index contributed by atoms with van der Waals surface area (Å²) in [6.07, 6.45) is 1.66. The predicted molar refractivity (Wildman–Crippen MR) is 112 cm³/mol. The van der Waals surface area contributed by atoms with Crippen molar-refractivity contribution in [3.8, 4) is 23.0 Å². The first-order valence-electron chi connectivity index (χ1n) is 9.36. The lowest BCUT2D eigenvalue weighted by molar-refractivity contribution is 0.0826. The van der Waals surface area contributed by atoms with Gasteiger partial charge in [-0.25, -0.2) is 15.0 Å². The van der Waals surface area contributed by atoms with Crippen LogP contribution in [-0.2, 0) is 10.3 Å². The lowest BCUT2D eigenvalue weighted by Crippen LogP contribution is -2.36. The van der Waals surface area contributed by atoms with Crippen molar-refractivity contribution in [3.05, 3.63) is 23.2 Å². The molecule has 0 bridgehead atoms. The number of hydrogen-bond donors (Lipinski definition) is 1. The molecule has 0 atom stereocenters. The summed E-state index contributed by atoms with van der Waals surface area (Å²) in [7, 11) is 3.15. The molecule has 0 radical (unpaired) electrons. The van der Waals surface area contributed by atoms with E-state index in [-0.39, 0.29) is 0 Å². The van der Waals surface area contributed by atoms with Crippen LogP contribution in [0.25, 0.3) is 21.6 Å². The minimum atomic E-state index is -0.951. The average molecular weight is 417 g/mol. The highest BCUT2D eigenvalue weighted by Crippen LogP contribution is 2.39. The van der Waals surface area contributed by atoms with Gasteiger partial charge in [0.1, 0.15) is 5.75 Å². The number of nitrogens with zero attached hydrogens (tertiary/aromatic N) is 4. The van der Waals surface area contributed by atoms with Gasteiger partial charge in [-0.1, -0.05) is 0 Å². The minimum absolute atomic E-state index is 0.458. The molecule has 29 heavy (non-hydrogen) atoms. The second kappa shape index (κ2) is 7.74. The van der Waals surface area contributed by atoms with Gasteiger partial charge in [0.2, 0.25) is 5.88 Å². The fourth-order valence-electron chi connectivity index (χ4n) is 3.19. The van der Waals surface area contributed by atoms with Crippen molar-refractivity contribution < 1.29 is 19.3 Å². The first-order valence-corrected chi connectivity index (χ1v) is 10.2. The molecule has 9 heteroatoms. The van der Waals surface area contributed by atoms with Crippen LogP contribution in [0, 0.1) is 0 Å². The Balaban J connectivity index is 1.91. The number of hydrogen-bond acceptors (Lipinski definition) is 9. The molecule has 4 rings (SSSR count). The van der Waals surface area contributed by atoms with Crippen LogP contribution < -0.4 is 14.4 Å². The monoisotopic (exact) mass is 416 g/mol. The van der Waals surface area contributed by atoms with Crippen LogP contribution in [-0.4, -0.2) is 60.6 Å². The Morgan fingerprint density at radius 1 is 1.14 bits per heavy atom. The highest BCUT2D eigenvalue weighted by molar-refractivity contribution is 7.19. The van der Waals surface area contributed by atoms with Gasteiger partial charge in [0.05, 0.1) is 48.8 Å². The van der Waals surface area contributed by atoms with E-state index in [1.165, 1.54) is 11.3 Å². The third kappa shape index (κ3) is 3.85. The molecule has 1 saturated heterocycles. The van der Waals surface area contributed by atoms with Gasteiger partial charge in [0.25, 0.3) is 0 Å². The van der Waals surface area contributed by atoms with Crippen molar-refractivity contribution >= 4 is 27.4 Å². The summed E-state index contributed by atoms with van der Waals surface area (Å²) in [5.74, 6) is 2.40. The molecule has 0 unspecified atom stereocenters. The maximum atomic E-state index is 10.5. The van der Waals surface area contributed by atoms with Crippen LogP contribution in [0.3, 0.4) is 0 Å². The molecule has 3 aromatic rings. The summed E-state index contributed by atoms with van der Waals surface area (Å²) in [5.41, 5.74) is 0.518. The number of aliphatic hydroxyl groups is 1. The molecule has 1 fully saturated rings. The Morgan fingerprint density at radius 2 is 1.90 bits per heavy atom. The zero-order valence-corrected chi connectivity index (χ0v) is 17.7. The van der Waals surface area contributed by atoms with E-state index in [2.05, 4.69) is 9.88 Å².